The zero-order valence-corrected chi connectivity index (χ0v) is 15.5. The lowest BCUT2D eigenvalue weighted by Gasteiger charge is -2.19. The maximum atomic E-state index is 12.2. The van der Waals surface area contributed by atoms with Crippen LogP contribution < -0.4 is 15.4 Å². The van der Waals surface area contributed by atoms with Crippen LogP contribution in [0.25, 0.3) is 0 Å². The average molecular weight is 366 g/mol. The number of hydrogen-bond acceptors (Lipinski definition) is 6. The van der Waals surface area contributed by atoms with Gasteiger partial charge in [0.25, 0.3) is 0 Å². The van der Waals surface area contributed by atoms with Crippen LogP contribution in [0.2, 0.25) is 0 Å². The van der Waals surface area contributed by atoms with Crippen LogP contribution >= 0.6 is 0 Å². The smallest absolute Gasteiger partial charge is 0.408 e. The fourth-order valence-electron chi connectivity index (χ4n) is 2.11. The van der Waals surface area contributed by atoms with E-state index < -0.39 is 24.0 Å². The van der Waals surface area contributed by atoms with Crippen LogP contribution in [-0.2, 0) is 25.7 Å². The van der Waals surface area contributed by atoms with Crippen LogP contribution in [0.5, 0.6) is 5.75 Å². The number of carbonyl (C=O) groups excluding carboxylic acids is 3. The summed E-state index contributed by atoms with van der Waals surface area (Å²) in [6.45, 7) is 3.65. The van der Waals surface area contributed by atoms with Crippen LogP contribution in [0.3, 0.4) is 0 Å². The Morgan fingerprint density at radius 3 is 2.27 bits per heavy atom. The first-order chi connectivity index (χ1) is 12.3. The van der Waals surface area contributed by atoms with Gasteiger partial charge in [-0.2, -0.15) is 0 Å². The van der Waals surface area contributed by atoms with Gasteiger partial charge in [0, 0.05) is 0 Å². The van der Waals surface area contributed by atoms with E-state index in [-0.39, 0.29) is 19.1 Å². The second-order valence-corrected chi connectivity index (χ2v) is 6.04. The molecule has 0 spiro atoms. The minimum Gasteiger partial charge on any atom is -0.497 e. The molecular formula is C18H26N2O6. The summed E-state index contributed by atoms with van der Waals surface area (Å²) in [7, 11) is 2.80. The van der Waals surface area contributed by atoms with Crippen molar-refractivity contribution in [3.63, 3.8) is 0 Å². The first-order valence-electron chi connectivity index (χ1n) is 8.26. The molecule has 26 heavy (non-hydrogen) atoms. The lowest BCUT2D eigenvalue weighted by molar-refractivity contribution is -0.141. The Hall–Kier alpha value is -2.77. The summed E-state index contributed by atoms with van der Waals surface area (Å²) in [4.78, 5) is 35.3. The second-order valence-electron chi connectivity index (χ2n) is 6.04. The van der Waals surface area contributed by atoms with E-state index in [9.17, 15) is 14.4 Å². The zero-order chi connectivity index (χ0) is 19.5. The summed E-state index contributed by atoms with van der Waals surface area (Å²) in [5.41, 5.74) is 0.788. The molecule has 2 amide bonds. The van der Waals surface area contributed by atoms with E-state index in [1.54, 1.807) is 31.4 Å². The molecule has 144 valence electrons. The van der Waals surface area contributed by atoms with Crippen LogP contribution in [-0.4, -0.2) is 44.8 Å². The fourth-order valence-corrected chi connectivity index (χ4v) is 2.11. The number of rotatable bonds is 9. The number of methoxy groups -OCH3 is 2. The van der Waals surface area contributed by atoms with Gasteiger partial charge in [0.15, 0.2) is 0 Å². The predicted molar refractivity (Wildman–Crippen MR) is 94.6 cm³/mol. The molecule has 0 saturated carbocycles. The Kier molecular flexibility index (Phi) is 8.97. The Morgan fingerprint density at radius 2 is 1.73 bits per heavy atom. The highest BCUT2D eigenvalue weighted by atomic mass is 16.5. The van der Waals surface area contributed by atoms with Gasteiger partial charge in [-0.05, 0) is 30.0 Å². The number of hydrogen-bond donors (Lipinski definition) is 2. The molecule has 0 aliphatic rings. The van der Waals surface area contributed by atoms with E-state index in [1.807, 2.05) is 13.8 Å². The summed E-state index contributed by atoms with van der Waals surface area (Å²) >= 11 is 0. The molecule has 2 N–H and O–H groups in total. The quantitative estimate of drug-likeness (QED) is 0.644. The molecule has 0 aliphatic carbocycles. The van der Waals surface area contributed by atoms with E-state index in [0.29, 0.717) is 12.2 Å². The molecule has 1 unspecified atom stereocenters. The van der Waals surface area contributed by atoms with Crippen LogP contribution in [0.4, 0.5) is 4.79 Å². The van der Waals surface area contributed by atoms with Crippen molar-refractivity contribution in [1.82, 2.24) is 10.6 Å². The average Bonchev–Trinajstić information content (AvgIpc) is 2.63. The van der Waals surface area contributed by atoms with E-state index in [1.165, 1.54) is 7.11 Å². The third-order valence-electron chi connectivity index (χ3n) is 3.48. The van der Waals surface area contributed by atoms with Crippen molar-refractivity contribution >= 4 is 18.0 Å². The number of nitrogens with one attached hydrogen (secondary N) is 2. The van der Waals surface area contributed by atoms with Crippen molar-refractivity contribution in [2.24, 2.45) is 5.92 Å². The summed E-state index contributed by atoms with van der Waals surface area (Å²) in [5.74, 6) is -0.169. The van der Waals surface area contributed by atoms with Gasteiger partial charge in [0.1, 0.15) is 24.9 Å². The highest BCUT2D eigenvalue weighted by Crippen LogP contribution is 2.12. The standard InChI is InChI=1S/C18H26N2O6/c1-12(2)9-15(17(22)19-10-16(21)25-4)20-18(23)26-11-13-5-7-14(24-3)8-6-13/h5-8,12,15H,9-11H2,1-4H3,(H,19,22)(H,20,23). The van der Waals surface area contributed by atoms with Crippen molar-refractivity contribution in [1.29, 1.82) is 0 Å². The topological polar surface area (TPSA) is 103 Å². The molecule has 0 radical (unpaired) electrons. The molecule has 0 saturated heterocycles. The maximum Gasteiger partial charge on any atom is 0.408 e. The molecule has 1 aromatic rings. The number of carbonyl (C=O) groups is 3. The Morgan fingerprint density at radius 1 is 1.08 bits per heavy atom. The van der Waals surface area contributed by atoms with E-state index in [4.69, 9.17) is 9.47 Å². The molecule has 0 heterocycles. The SMILES string of the molecule is COC(=O)CNC(=O)C(CC(C)C)NC(=O)OCc1ccc(OC)cc1. The minimum atomic E-state index is -0.803. The van der Waals surface area contributed by atoms with Crippen LogP contribution in [0.15, 0.2) is 24.3 Å². The Labute approximate surface area is 153 Å². The number of ether oxygens (including phenoxy) is 3. The van der Waals surface area contributed by atoms with Crippen LogP contribution in [0.1, 0.15) is 25.8 Å². The summed E-state index contributed by atoms with van der Waals surface area (Å²) < 4.78 is 14.7. The molecule has 0 fully saturated rings. The molecule has 0 aliphatic heterocycles. The summed E-state index contributed by atoms with van der Waals surface area (Å²) in [6.07, 6.45) is -0.301. The van der Waals surface area contributed by atoms with Gasteiger partial charge in [0.2, 0.25) is 5.91 Å². The molecule has 1 aromatic carbocycles. The minimum absolute atomic E-state index is 0.0635. The highest BCUT2D eigenvalue weighted by molar-refractivity contribution is 5.88. The number of alkyl carbamates (subject to hydrolysis) is 1. The molecular weight excluding hydrogens is 340 g/mol. The normalized spacial score (nSPS) is 11.4. The lowest BCUT2D eigenvalue weighted by Crippen LogP contribution is -2.48. The first-order valence-corrected chi connectivity index (χ1v) is 8.26. The van der Waals surface area contributed by atoms with Crippen molar-refractivity contribution in [3.05, 3.63) is 29.8 Å². The zero-order valence-electron chi connectivity index (χ0n) is 15.5. The summed E-state index contributed by atoms with van der Waals surface area (Å²) in [6, 6.07) is 6.28. The van der Waals surface area contributed by atoms with Gasteiger partial charge in [-0.1, -0.05) is 26.0 Å². The van der Waals surface area contributed by atoms with Crippen molar-refractivity contribution in [2.45, 2.75) is 32.9 Å². The molecule has 8 nitrogen and oxygen atoms in total. The largest absolute Gasteiger partial charge is 0.497 e. The van der Waals surface area contributed by atoms with Gasteiger partial charge in [-0.25, -0.2) is 4.79 Å². The van der Waals surface area contributed by atoms with Crippen molar-refractivity contribution < 1.29 is 28.6 Å². The van der Waals surface area contributed by atoms with Gasteiger partial charge < -0.3 is 24.8 Å². The highest BCUT2D eigenvalue weighted by Gasteiger charge is 2.23. The summed E-state index contributed by atoms with van der Waals surface area (Å²) in [5, 5.41) is 4.97. The fraction of sp³-hybridized carbons (Fsp3) is 0.500. The Bertz CT molecular complexity index is 600. The van der Waals surface area contributed by atoms with E-state index in [0.717, 1.165) is 5.56 Å². The molecule has 1 rings (SSSR count). The number of benzene rings is 1. The number of esters is 1. The van der Waals surface area contributed by atoms with Crippen LogP contribution in [0, 0.1) is 5.92 Å². The maximum absolute atomic E-state index is 12.2. The third kappa shape index (κ3) is 7.87. The predicted octanol–water partition coefficient (Wildman–Crippen LogP) is 1.63. The molecule has 0 bridgehead atoms. The molecule has 1 atom stereocenters. The van der Waals surface area contributed by atoms with Crippen molar-refractivity contribution in [2.75, 3.05) is 20.8 Å². The van der Waals surface area contributed by atoms with Crippen molar-refractivity contribution in [3.8, 4) is 5.75 Å². The van der Waals surface area contributed by atoms with E-state index >= 15 is 0 Å². The number of amides is 2. The lowest BCUT2D eigenvalue weighted by atomic mass is 10.0. The van der Waals surface area contributed by atoms with Gasteiger partial charge in [-0.3, -0.25) is 9.59 Å². The third-order valence-corrected chi connectivity index (χ3v) is 3.48. The van der Waals surface area contributed by atoms with Gasteiger partial charge >= 0.3 is 12.1 Å². The Balaban J connectivity index is 2.55. The van der Waals surface area contributed by atoms with Gasteiger partial charge in [0.05, 0.1) is 14.2 Å². The monoisotopic (exact) mass is 366 g/mol. The second kappa shape index (κ2) is 11.0. The molecule has 8 heteroatoms. The first kappa shape index (κ1) is 21.3. The van der Waals surface area contributed by atoms with E-state index in [2.05, 4.69) is 15.4 Å². The molecule has 0 aromatic heterocycles. The van der Waals surface area contributed by atoms with Gasteiger partial charge in [-0.15, -0.1) is 0 Å².